The number of carbonyl (C=O) groups excluding carboxylic acids is 1. The van der Waals surface area contributed by atoms with Gasteiger partial charge in [-0.15, -0.1) is 11.8 Å². The third kappa shape index (κ3) is 4.44. The summed E-state index contributed by atoms with van der Waals surface area (Å²) in [5.74, 6) is 2.67. The summed E-state index contributed by atoms with van der Waals surface area (Å²) in [4.78, 5) is 12.9. The number of hydrogen-bond acceptors (Lipinski definition) is 4. The van der Waals surface area contributed by atoms with E-state index < -0.39 is 0 Å². The summed E-state index contributed by atoms with van der Waals surface area (Å²) in [7, 11) is 1.78. The maximum Gasteiger partial charge on any atom is 0.147 e. The topological polar surface area (TPSA) is 38.3 Å². The Balaban J connectivity index is 1.26. The van der Waals surface area contributed by atoms with Gasteiger partial charge in [0.2, 0.25) is 0 Å². The van der Waals surface area contributed by atoms with Crippen molar-refractivity contribution in [1.29, 1.82) is 0 Å². The number of methoxy groups -OCH3 is 1. The van der Waals surface area contributed by atoms with Gasteiger partial charge in [0.1, 0.15) is 11.5 Å². The third-order valence-electron chi connectivity index (χ3n) is 5.98. The van der Waals surface area contributed by atoms with E-state index in [1.54, 1.807) is 18.9 Å². The van der Waals surface area contributed by atoms with E-state index in [9.17, 15) is 4.79 Å². The molecule has 0 saturated carbocycles. The Hall–Kier alpha value is -1.78. The fourth-order valence-electron chi connectivity index (χ4n) is 4.50. The number of ketones is 1. The molecule has 3 nitrogen and oxygen atoms in total. The highest BCUT2D eigenvalue weighted by atomic mass is 32.2. The lowest BCUT2D eigenvalue weighted by molar-refractivity contribution is -0.116. The first-order valence-electron chi connectivity index (χ1n) is 10.4. The fraction of sp³-hybridized carbons (Fsp3) is 0.458. The van der Waals surface area contributed by atoms with Gasteiger partial charge in [-0.25, -0.2) is 0 Å². The van der Waals surface area contributed by atoms with Gasteiger partial charge in [-0.1, -0.05) is 24.3 Å². The van der Waals surface area contributed by atoms with Crippen molar-refractivity contribution in [3.05, 3.63) is 58.7 Å². The van der Waals surface area contributed by atoms with Crippen molar-refractivity contribution in [1.82, 2.24) is 5.32 Å². The van der Waals surface area contributed by atoms with Crippen LogP contribution in [-0.2, 0) is 24.1 Å². The SMILES string of the molecule is COc1cccc2c1CCCC2CCNCCc1ccc2c(c1)SCC(=O)C2. The van der Waals surface area contributed by atoms with Gasteiger partial charge in [-0.2, -0.15) is 0 Å². The Labute approximate surface area is 172 Å². The first kappa shape index (κ1) is 19.5. The molecule has 1 unspecified atom stereocenters. The van der Waals surface area contributed by atoms with Crippen molar-refractivity contribution in [2.24, 2.45) is 0 Å². The molecule has 1 aliphatic heterocycles. The molecule has 0 bridgehead atoms. The van der Waals surface area contributed by atoms with Crippen LogP contribution in [0.25, 0.3) is 0 Å². The Morgan fingerprint density at radius 1 is 1.21 bits per heavy atom. The van der Waals surface area contributed by atoms with Gasteiger partial charge in [-0.05, 0) is 85.5 Å². The number of nitrogens with one attached hydrogen (secondary N) is 1. The molecule has 2 aromatic rings. The van der Waals surface area contributed by atoms with Crippen molar-refractivity contribution in [2.75, 3.05) is 26.0 Å². The number of Topliss-reactive ketones (excluding diaryl/α,β-unsaturated/α-hetero) is 1. The molecule has 148 valence electrons. The van der Waals surface area contributed by atoms with E-state index in [4.69, 9.17) is 4.74 Å². The first-order valence-corrected chi connectivity index (χ1v) is 11.4. The molecule has 4 heteroatoms. The predicted octanol–water partition coefficient (Wildman–Crippen LogP) is 4.55. The highest BCUT2D eigenvalue weighted by Crippen LogP contribution is 2.38. The van der Waals surface area contributed by atoms with Crippen LogP contribution in [-0.4, -0.2) is 31.7 Å². The highest BCUT2D eigenvalue weighted by molar-refractivity contribution is 8.00. The Morgan fingerprint density at radius 3 is 3.04 bits per heavy atom. The Morgan fingerprint density at radius 2 is 2.14 bits per heavy atom. The lowest BCUT2D eigenvalue weighted by atomic mass is 9.80. The van der Waals surface area contributed by atoms with Crippen molar-refractivity contribution in [3.8, 4) is 5.75 Å². The summed E-state index contributed by atoms with van der Waals surface area (Å²) < 4.78 is 5.56. The predicted molar refractivity (Wildman–Crippen MR) is 116 cm³/mol. The minimum absolute atomic E-state index is 0.342. The highest BCUT2D eigenvalue weighted by Gasteiger charge is 2.22. The van der Waals surface area contributed by atoms with E-state index in [-0.39, 0.29) is 0 Å². The first-order chi connectivity index (χ1) is 13.7. The lowest BCUT2D eigenvalue weighted by Gasteiger charge is -2.27. The minimum Gasteiger partial charge on any atom is -0.496 e. The van der Waals surface area contributed by atoms with Crippen LogP contribution >= 0.6 is 11.8 Å². The molecule has 2 aromatic carbocycles. The smallest absolute Gasteiger partial charge is 0.147 e. The van der Waals surface area contributed by atoms with Gasteiger partial charge in [0.25, 0.3) is 0 Å². The quantitative estimate of drug-likeness (QED) is 0.698. The fourth-order valence-corrected chi connectivity index (χ4v) is 5.47. The van der Waals surface area contributed by atoms with E-state index in [1.807, 2.05) is 0 Å². The van der Waals surface area contributed by atoms with E-state index in [0.29, 0.717) is 23.9 Å². The molecule has 0 spiro atoms. The molecule has 0 radical (unpaired) electrons. The Bertz CT molecular complexity index is 848. The molecule has 28 heavy (non-hydrogen) atoms. The molecule has 1 aliphatic carbocycles. The summed E-state index contributed by atoms with van der Waals surface area (Å²) in [6.45, 7) is 2.05. The van der Waals surface area contributed by atoms with E-state index >= 15 is 0 Å². The summed E-state index contributed by atoms with van der Waals surface area (Å²) in [5, 5.41) is 3.64. The summed E-state index contributed by atoms with van der Waals surface area (Å²) in [5.41, 5.74) is 5.48. The van der Waals surface area contributed by atoms with Crippen molar-refractivity contribution in [2.45, 2.75) is 49.3 Å². The largest absolute Gasteiger partial charge is 0.496 e. The van der Waals surface area contributed by atoms with E-state index in [2.05, 4.69) is 41.7 Å². The molecule has 1 N–H and O–H groups in total. The number of thioether (sulfide) groups is 1. The molecule has 0 amide bonds. The average molecular weight is 396 g/mol. The van der Waals surface area contributed by atoms with Crippen LogP contribution < -0.4 is 10.1 Å². The van der Waals surface area contributed by atoms with Gasteiger partial charge in [0.15, 0.2) is 0 Å². The van der Waals surface area contributed by atoms with Gasteiger partial charge >= 0.3 is 0 Å². The summed E-state index contributed by atoms with van der Waals surface area (Å²) >= 11 is 1.69. The second kappa shape index (κ2) is 9.15. The van der Waals surface area contributed by atoms with E-state index in [1.165, 1.54) is 46.4 Å². The summed E-state index contributed by atoms with van der Waals surface area (Å²) in [6, 6.07) is 13.1. The van der Waals surface area contributed by atoms with Gasteiger partial charge in [-0.3, -0.25) is 4.79 Å². The maximum absolute atomic E-state index is 11.6. The number of carbonyl (C=O) groups is 1. The van der Waals surface area contributed by atoms with Gasteiger partial charge in [0, 0.05) is 11.3 Å². The van der Waals surface area contributed by atoms with Crippen LogP contribution in [0.15, 0.2) is 41.3 Å². The molecule has 1 atom stereocenters. The van der Waals surface area contributed by atoms with Crippen LogP contribution in [0.3, 0.4) is 0 Å². The Kier molecular flexibility index (Phi) is 6.38. The number of hydrogen-bond donors (Lipinski definition) is 1. The minimum atomic E-state index is 0.342. The van der Waals surface area contributed by atoms with Crippen molar-refractivity contribution >= 4 is 17.5 Å². The molecular formula is C24H29NO2S. The zero-order valence-electron chi connectivity index (χ0n) is 16.6. The van der Waals surface area contributed by atoms with E-state index in [0.717, 1.165) is 31.7 Å². The van der Waals surface area contributed by atoms with Gasteiger partial charge < -0.3 is 10.1 Å². The molecule has 0 saturated heterocycles. The zero-order chi connectivity index (χ0) is 19.3. The summed E-state index contributed by atoms with van der Waals surface area (Å²) in [6.07, 6.45) is 6.51. The van der Waals surface area contributed by atoms with Gasteiger partial charge in [0.05, 0.1) is 12.9 Å². The molecule has 4 rings (SSSR count). The third-order valence-corrected chi connectivity index (χ3v) is 7.13. The van der Waals surface area contributed by atoms with Crippen molar-refractivity contribution < 1.29 is 9.53 Å². The number of ether oxygens (including phenoxy) is 1. The monoisotopic (exact) mass is 395 g/mol. The average Bonchev–Trinajstić information content (AvgIpc) is 2.73. The normalized spacial score (nSPS) is 18.5. The van der Waals surface area contributed by atoms with Crippen LogP contribution in [0.2, 0.25) is 0 Å². The number of benzene rings is 2. The number of fused-ring (bicyclic) bond motifs is 2. The van der Waals surface area contributed by atoms with Crippen molar-refractivity contribution in [3.63, 3.8) is 0 Å². The second-order valence-electron chi connectivity index (χ2n) is 7.85. The molecule has 1 heterocycles. The van der Waals surface area contributed by atoms with Crippen LogP contribution in [0.4, 0.5) is 0 Å². The lowest BCUT2D eigenvalue weighted by Crippen LogP contribution is -2.22. The molecule has 0 fully saturated rings. The standard InChI is InChI=1S/C24H29NO2S/c1-27-23-7-3-5-21-18(4-2-6-22(21)23)11-13-25-12-10-17-8-9-19-15-20(26)16-28-24(19)14-17/h3,5,7-9,14,18,25H,2,4,6,10-13,15-16H2,1H3. The number of rotatable bonds is 7. The van der Waals surface area contributed by atoms with Crippen LogP contribution in [0, 0.1) is 0 Å². The molecular weight excluding hydrogens is 366 g/mol. The zero-order valence-corrected chi connectivity index (χ0v) is 17.4. The second-order valence-corrected chi connectivity index (χ2v) is 8.87. The molecule has 0 aromatic heterocycles. The molecule has 2 aliphatic rings. The maximum atomic E-state index is 11.6. The van der Waals surface area contributed by atoms with Crippen LogP contribution in [0.5, 0.6) is 5.75 Å². The van der Waals surface area contributed by atoms with Crippen LogP contribution in [0.1, 0.15) is 47.4 Å².